The zero-order chi connectivity index (χ0) is 21.7. The standard InChI is InChI=1S/C23H38O6/c1-3-4-5-6-7-8-9-10-11-12-13-14-15-16-17-18-22(26)29-20(19-21(24)25)23(27)28-2/h7-8,10-11,20H,3-6,9,12-19H2,1-2H3,(H,24,25)/b8-7-,11-10-/t20-/m0/s1. The highest BCUT2D eigenvalue weighted by atomic mass is 16.6. The van der Waals surface area contributed by atoms with Crippen molar-refractivity contribution in [1.29, 1.82) is 0 Å². The van der Waals surface area contributed by atoms with Crippen LogP contribution in [0.5, 0.6) is 0 Å². The summed E-state index contributed by atoms with van der Waals surface area (Å²) in [6.45, 7) is 2.22. The van der Waals surface area contributed by atoms with Gasteiger partial charge in [0.05, 0.1) is 13.5 Å². The molecule has 0 radical (unpaired) electrons. The molecule has 0 bridgehead atoms. The summed E-state index contributed by atoms with van der Waals surface area (Å²) in [7, 11) is 1.13. The van der Waals surface area contributed by atoms with Gasteiger partial charge >= 0.3 is 17.9 Å². The lowest BCUT2D eigenvalue weighted by Gasteiger charge is -2.13. The van der Waals surface area contributed by atoms with Crippen molar-refractivity contribution in [3.8, 4) is 0 Å². The number of hydrogen-bond acceptors (Lipinski definition) is 5. The Morgan fingerprint density at radius 3 is 2.03 bits per heavy atom. The number of ether oxygens (including phenoxy) is 2. The number of carbonyl (C=O) groups is 3. The summed E-state index contributed by atoms with van der Waals surface area (Å²) in [5.41, 5.74) is 0. The second-order valence-corrected chi connectivity index (χ2v) is 7.08. The molecule has 0 heterocycles. The van der Waals surface area contributed by atoms with Crippen molar-refractivity contribution in [2.45, 2.75) is 96.5 Å². The van der Waals surface area contributed by atoms with Crippen LogP contribution in [0.2, 0.25) is 0 Å². The van der Waals surface area contributed by atoms with E-state index in [1.54, 1.807) is 0 Å². The SMILES string of the molecule is CCCCC/C=C\C/C=C\CCCCCCCC(=O)O[C@@H](CC(=O)O)C(=O)OC. The second-order valence-electron chi connectivity index (χ2n) is 7.08. The molecule has 1 N–H and O–H groups in total. The van der Waals surface area contributed by atoms with Gasteiger partial charge < -0.3 is 14.6 Å². The summed E-state index contributed by atoms with van der Waals surface area (Å²) < 4.78 is 9.38. The van der Waals surface area contributed by atoms with Gasteiger partial charge in [0.1, 0.15) is 0 Å². The Balaban J connectivity index is 3.66. The maximum atomic E-state index is 11.8. The zero-order valence-electron chi connectivity index (χ0n) is 18.1. The summed E-state index contributed by atoms with van der Waals surface area (Å²) in [6, 6.07) is 0. The zero-order valence-corrected chi connectivity index (χ0v) is 18.1. The number of unbranched alkanes of at least 4 members (excludes halogenated alkanes) is 8. The van der Waals surface area contributed by atoms with Crippen molar-refractivity contribution >= 4 is 17.9 Å². The first kappa shape index (κ1) is 26.9. The minimum Gasteiger partial charge on any atom is -0.481 e. The Labute approximate surface area is 175 Å². The number of rotatable bonds is 18. The maximum Gasteiger partial charge on any atom is 0.347 e. The molecule has 0 aromatic carbocycles. The molecule has 0 aliphatic carbocycles. The van der Waals surface area contributed by atoms with Gasteiger partial charge in [-0.2, -0.15) is 0 Å². The minimum absolute atomic E-state index is 0.178. The number of hydrogen-bond donors (Lipinski definition) is 1. The van der Waals surface area contributed by atoms with Crippen LogP contribution < -0.4 is 0 Å². The molecular weight excluding hydrogens is 372 g/mol. The lowest BCUT2D eigenvalue weighted by molar-refractivity contribution is -0.169. The van der Waals surface area contributed by atoms with Crippen LogP contribution in [-0.2, 0) is 23.9 Å². The molecule has 0 saturated carbocycles. The van der Waals surface area contributed by atoms with Crippen molar-refractivity contribution < 1.29 is 29.0 Å². The Bertz CT molecular complexity index is 509. The molecule has 0 amide bonds. The molecule has 0 aromatic rings. The van der Waals surface area contributed by atoms with E-state index in [9.17, 15) is 14.4 Å². The molecule has 0 aromatic heterocycles. The van der Waals surface area contributed by atoms with E-state index in [1.807, 2.05) is 0 Å². The number of allylic oxidation sites excluding steroid dienone is 4. The number of aliphatic carboxylic acids is 1. The molecule has 6 heteroatoms. The third-order valence-corrected chi connectivity index (χ3v) is 4.43. The first-order valence-electron chi connectivity index (χ1n) is 10.8. The van der Waals surface area contributed by atoms with Gasteiger partial charge in [0.15, 0.2) is 0 Å². The predicted octanol–water partition coefficient (Wildman–Crippen LogP) is 5.36. The first-order chi connectivity index (χ1) is 14.0. The summed E-state index contributed by atoms with van der Waals surface area (Å²) in [6.07, 6.45) is 19.1. The van der Waals surface area contributed by atoms with Gasteiger partial charge in [0.2, 0.25) is 6.10 Å². The van der Waals surface area contributed by atoms with E-state index in [1.165, 1.54) is 25.7 Å². The molecule has 0 fully saturated rings. The molecule has 0 rings (SSSR count). The average Bonchev–Trinajstić information content (AvgIpc) is 2.69. The Kier molecular flexibility index (Phi) is 17.8. The molecular formula is C23H38O6. The second kappa shape index (κ2) is 19.2. The molecule has 29 heavy (non-hydrogen) atoms. The summed E-state index contributed by atoms with van der Waals surface area (Å²) in [5, 5.41) is 8.75. The van der Waals surface area contributed by atoms with E-state index in [0.29, 0.717) is 6.42 Å². The summed E-state index contributed by atoms with van der Waals surface area (Å²) >= 11 is 0. The number of methoxy groups -OCH3 is 1. The molecule has 0 spiro atoms. The molecule has 6 nitrogen and oxygen atoms in total. The van der Waals surface area contributed by atoms with Crippen molar-refractivity contribution in [1.82, 2.24) is 0 Å². The third-order valence-electron chi connectivity index (χ3n) is 4.43. The van der Waals surface area contributed by atoms with Crippen LogP contribution in [-0.4, -0.2) is 36.2 Å². The topological polar surface area (TPSA) is 89.9 Å². The third kappa shape index (κ3) is 17.7. The van der Waals surface area contributed by atoms with Crippen molar-refractivity contribution in [2.24, 2.45) is 0 Å². The maximum absolute atomic E-state index is 11.8. The lowest BCUT2D eigenvalue weighted by Crippen LogP contribution is -2.30. The van der Waals surface area contributed by atoms with Crippen LogP contribution >= 0.6 is 0 Å². The number of carboxylic acid groups (broad SMARTS) is 1. The smallest absolute Gasteiger partial charge is 0.347 e. The van der Waals surface area contributed by atoms with Gasteiger partial charge in [-0.15, -0.1) is 0 Å². The average molecular weight is 411 g/mol. The van der Waals surface area contributed by atoms with Crippen LogP contribution in [0.1, 0.15) is 90.4 Å². The Morgan fingerprint density at radius 1 is 0.862 bits per heavy atom. The highest BCUT2D eigenvalue weighted by Gasteiger charge is 2.26. The van der Waals surface area contributed by atoms with Crippen molar-refractivity contribution in [3.05, 3.63) is 24.3 Å². The highest BCUT2D eigenvalue weighted by Crippen LogP contribution is 2.10. The lowest BCUT2D eigenvalue weighted by atomic mass is 10.1. The number of esters is 2. The largest absolute Gasteiger partial charge is 0.481 e. The monoisotopic (exact) mass is 410 g/mol. The molecule has 166 valence electrons. The van der Waals surface area contributed by atoms with E-state index in [4.69, 9.17) is 9.84 Å². The van der Waals surface area contributed by atoms with Crippen LogP contribution in [0.15, 0.2) is 24.3 Å². The van der Waals surface area contributed by atoms with Gasteiger partial charge in [-0.1, -0.05) is 63.3 Å². The van der Waals surface area contributed by atoms with Gasteiger partial charge in [0, 0.05) is 6.42 Å². The van der Waals surface area contributed by atoms with Crippen molar-refractivity contribution in [2.75, 3.05) is 7.11 Å². The predicted molar refractivity (Wildman–Crippen MR) is 114 cm³/mol. The fourth-order valence-electron chi connectivity index (χ4n) is 2.76. The van der Waals surface area contributed by atoms with Crippen LogP contribution in [0.25, 0.3) is 0 Å². The summed E-state index contributed by atoms with van der Waals surface area (Å²) in [4.78, 5) is 33.9. The normalized spacial score (nSPS) is 12.3. The van der Waals surface area contributed by atoms with Crippen LogP contribution in [0.3, 0.4) is 0 Å². The Hall–Kier alpha value is -2.11. The molecule has 1 atom stereocenters. The number of carbonyl (C=O) groups excluding carboxylic acids is 2. The van der Waals surface area contributed by atoms with Crippen LogP contribution in [0.4, 0.5) is 0 Å². The van der Waals surface area contributed by atoms with E-state index >= 15 is 0 Å². The number of carboxylic acids is 1. The van der Waals surface area contributed by atoms with E-state index in [-0.39, 0.29) is 6.42 Å². The van der Waals surface area contributed by atoms with Gasteiger partial charge in [-0.3, -0.25) is 9.59 Å². The molecule has 0 aliphatic rings. The van der Waals surface area contributed by atoms with Crippen molar-refractivity contribution in [3.63, 3.8) is 0 Å². The first-order valence-corrected chi connectivity index (χ1v) is 10.8. The quantitative estimate of drug-likeness (QED) is 0.186. The molecule has 0 unspecified atom stereocenters. The van der Waals surface area contributed by atoms with Gasteiger partial charge in [0.25, 0.3) is 0 Å². The van der Waals surface area contributed by atoms with Gasteiger partial charge in [-0.05, 0) is 38.5 Å². The minimum atomic E-state index is -1.37. The molecule has 0 aliphatic heterocycles. The molecule has 0 saturated heterocycles. The Morgan fingerprint density at radius 2 is 1.45 bits per heavy atom. The summed E-state index contributed by atoms with van der Waals surface area (Å²) in [5.74, 6) is -2.63. The van der Waals surface area contributed by atoms with E-state index in [2.05, 4.69) is 36.0 Å². The fourth-order valence-corrected chi connectivity index (χ4v) is 2.76. The highest BCUT2D eigenvalue weighted by molar-refractivity contribution is 5.83. The van der Waals surface area contributed by atoms with E-state index in [0.717, 1.165) is 45.6 Å². The van der Waals surface area contributed by atoms with Gasteiger partial charge in [-0.25, -0.2) is 4.79 Å². The van der Waals surface area contributed by atoms with E-state index < -0.39 is 30.4 Å². The fraction of sp³-hybridized carbons (Fsp3) is 0.696. The van der Waals surface area contributed by atoms with Crippen LogP contribution in [0, 0.1) is 0 Å².